The zero-order valence-corrected chi connectivity index (χ0v) is 12.7. The zero-order valence-electron chi connectivity index (χ0n) is 11.1. The van der Waals surface area contributed by atoms with Crippen LogP contribution in [0.2, 0.25) is 5.02 Å². The van der Waals surface area contributed by atoms with Gasteiger partial charge in [0.2, 0.25) is 5.91 Å². The fourth-order valence-electron chi connectivity index (χ4n) is 1.81. The number of fused-ring (bicyclic) bond motifs is 1. The number of amides is 1. The van der Waals surface area contributed by atoms with Gasteiger partial charge < -0.3 is 10.3 Å². The van der Waals surface area contributed by atoms with Gasteiger partial charge in [-0.25, -0.2) is 9.37 Å². The van der Waals surface area contributed by atoms with Crippen LogP contribution in [-0.4, -0.2) is 26.6 Å². The molecule has 8 heteroatoms. The molecule has 0 unspecified atom stereocenters. The largest absolute Gasteiger partial charge is 0.332 e. The highest BCUT2D eigenvalue weighted by Crippen LogP contribution is 2.21. The van der Waals surface area contributed by atoms with Gasteiger partial charge in [0.25, 0.3) is 0 Å². The molecule has 0 saturated heterocycles. The Labute approximate surface area is 134 Å². The first-order valence-electron chi connectivity index (χ1n) is 6.29. The van der Waals surface area contributed by atoms with Crippen molar-refractivity contribution in [3.63, 3.8) is 0 Å². The summed E-state index contributed by atoms with van der Waals surface area (Å²) in [7, 11) is 0. The number of rotatable bonds is 4. The van der Waals surface area contributed by atoms with Gasteiger partial charge in [-0.3, -0.25) is 9.78 Å². The second kappa shape index (κ2) is 6.33. The second-order valence-corrected chi connectivity index (χ2v) is 5.77. The summed E-state index contributed by atoms with van der Waals surface area (Å²) in [5.41, 5.74) is 2.06. The number of H-pyrrole nitrogens is 1. The molecular formula is C14H10ClFN4OS. The molecule has 3 aromatic rings. The van der Waals surface area contributed by atoms with Crippen LogP contribution in [0.1, 0.15) is 0 Å². The Hall–Kier alpha value is -2.12. The van der Waals surface area contributed by atoms with Crippen LogP contribution in [0, 0.1) is 5.82 Å². The zero-order chi connectivity index (χ0) is 15.5. The maximum Gasteiger partial charge on any atom is 0.234 e. The Kier molecular flexibility index (Phi) is 4.26. The smallest absolute Gasteiger partial charge is 0.234 e. The van der Waals surface area contributed by atoms with Gasteiger partial charge >= 0.3 is 0 Å². The van der Waals surface area contributed by atoms with Crippen LogP contribution < -0.4 is 5.32 Å². The number of benzene rings is 1. The van der Waals surface area contributed by atoms with Crippen LogP contribution in [0.4, 0.5) is 10.1 Å². The van der Waals surface area contributed by atoms with E-state index in [-0.39, 0.29) is 16.7 Å². The number of carbonyl (C=O) groups is 1. The molecule has 0 radical (unpaired) electrons. The van der Waals surface area contributed by atoms with E-state index in [1.54, 1.807) is 18.5 Å². The number of pyridine rings is 1. The highest BCUT2D eigenvalue weighted by Gasteiger charge is 2.08. The molecule has 0 aliphatic rings. The summed E-state index contributed by atoms with van der Waals surface area (Å²) < 4.78 is 13.0. The van der Waals surface area contributed by atoms with Crippen molar-refractivity contribution in [3.8, 4) is 0 Å². The summed E-state index contributed by atoms with van der Waals surface area (Å²) in [6.45, 7) is 0. The molecule has 0 aliphatic carbocycles. The van der Waals surface area contributed by atoms with Crippen molar-refractivity contribution in [1.29, 1.82) is 0 Å². The third-order valence-corrected chi connectivity index (χ3v) is 3.97. The Morgan fingerprint density at radius 1 is 1.41 bits per heavy atom. The molecule has 0 bridgehead atoms. The third-order valence-electron chi connectivity index (χ3n) is 2.80. The average Bonchev–Trinajstić information content (AvgIpc) is 2.92. The average molecular weight is 337 g/mol. The van der Waals surface area contributed by atoms with Crippen LogP contribution >= 0.6 is 23.4 Å². The molecule has 0 atom stereocenters. The number of aromatic nitrogens is 3. The fraction of sp³-hybridized carbons (Fsp3) is 0.0714. The third kappa shape index (κ3) is 3.37. The van der Waals surface area contributed by atoms with Gasteiger partial charge in [-0.05, 0) is 24.3 Å². The van der Waals surface area contributed by atoms with Gasteiger partial charge in [-0.1, -0.05) is 23.4 Å². The molecule has 1 amide bonds. The van der Waals surface area contributed by atoms with E-state index in [0.717, 1.165) is 11.0 Å². The van der Waals surface area contributed by atoms with E-state index >= 15 is 0 Å². The van der Waals surface area contributed by atoms with Crippen molar-refractivity contribution in [2.45, 2.75) is 5.16 Å². The standard InChI is InChI=1S/C14H10ClFN4OS/c15-9-5-8(1-2-10(9)16)18-13(21)7-22-14-19-11-3-4-17-6-12(11)20-14/h1-6H,7H2,(H,18,21)(H,19,20). The van der Waals surface area contributed by atoms with Gasteiger partial charge in [0.15, 0.2) is 5.16 Å². The van der Waals surface area contributed by atoms with Crippen LogP contribution in [0.25, 0.3) is 11.0 Å². The van der Waals surface area contributed by atoms with Crippen LogP contribution in [0.15, 0.2) is 41.8 Å². The topological polar surface area (TPSA) is 70.7 Å². The van der Waals surface area contributed by atoms with Crippen molar-refractivity contribution >= 4 is 46.0 Å². The Morgan fingerprint density at radius 2 is 2.27 bits per heavy atom. The molecule has 2 N–H and O–H groups in total. The molecule has 22 heavy (non-hydrogen) atoms. The van der Waals surface area contributed by atoms with E-state index in [0.29, 0.717) is 10.8 Å². The first-order chi connectivity index (χ1) is 10.6. The van der Waals surface area contributed by atoms with Gasteiger partial charge in [0.1, 0.15) is 5.82 Å². The van der Waals surface area contributed by atoms with Crippen LogP contribution in [-0.2, 0) is 4.79 Å². The second-order valence-electron chi connectivity index (χ2n) is 4.40. The number of nitrogens with one attached hydrogen (secondary N) is 2. The van der Waals surface area contributed by atoms with Crippen LogP contribution in [0.3, 0.4) is 0 Å². The lowest BCUT2D eigenvalue weighted by Gasteiger charge is -2.05. The highest BCUT2D eigenvalue weighted by atomic mass is 35.5. The van der Waals surface area contributed by atoms with Gasteiger partial charge in [-0.15, -0.1) is 0 Å². The van der Waals surface area contributed by atoms with E-state index in [1.165, 1.54) is 30.0 Å². The van der Waals surface area contributed by atoms with Gasteiger partial charge in [0.05, 0.1) is 28.0 Å². The number of aromatic amines is 1. The number of hydrogen-bond donors (Lipinski definition) is 2. The van der Waals surface area contributed by atoms with Crippen LogP contribution in [0.5, 0.6) is 0 Å². The molecule has 2 heterocycles. The summed E-state index contributed by atoms with van der Waals surface area (Å²) in [5.74, 6) is -0.585. The van der Waals surface area contributed by atoms with E-state index in [4.69, 9.17) is 11.6 Å². The quantitative estimate of drug-likeness (QED) is 0.715. The summed E-state index contributed by atoms with van der Waals surface area (Å²) >= 11 is 6.93. The minimum Gasteiger partial charge on any atom is -0.332 e. The summed E-state index contributed by atoms with van der Waals surface area (Å²) in [4.78, 5) is 23.3. The maximum absolute atomic E-state index is 13.0. The lowest BCUT2D eigenvalue weighted by atomic mass is 10.3. The van der Waals surface area contributed by atoms with Crippen molar-refractivity contribution in [2.24, 2.45) is 0 Å². The molecular weight excluding hydrogens is 327 g/mol. The number of carbonyl (C=O) groups excluding carboxylic acids is 1. The number of nitrogens with zero attached hydrogens (tertiary/aromatic N) is 2. The van der Waals surface area contributed by atoms with Gasteiger partial charge in [0, 0.05) is 11.9 Å². The van der Waals surface area contributed by atoms with Gasteiger partial charge in [-0.2, -0.15) is 0 Å². The molecule has 0 fully saturated rings. The number of halogens is 2. The normalized spacial score (nSPS) is 10.8. The molecule has 2 aromatic heterocycles. The molecule has 0 aliphatic heterocycles. The van der Waals surface area contributed by atoms with E-state index in [2.05, 4.69) is 20.3 Å². The number of hydrogen-bond acceptors (Lipinski definition) is 4. The summed E-state index contributed by atoms with van der Waals surface area (Å²) in [5, 5.41) is 3.25. The SMILES string of the molecule is O=C(CSc1nc2ccncc2[nH]1)Nc1ccc(F)c(Cl)c1. The lowest BCUT2D eigenvalue weighted by Crippen LogP contribution is -2.14. The van der Waals surface area contributed by atoms with E-state index in [9.17, 15) is 9.18 Å². The Bertz CT molecular complexity index is 806. The Morgan fingerprint density at radius 3 is 3.05 bits per heavy atom. The Balaban J connectivity index is 1.60. The molecule has 112 valence electrons. The first kappa shape index (κ1) is 14.8. The summed E-state index contributed by atoms with van der Waals surface area (Å²) in [6.07, 6.45) is 3.33. The fourth-order valence-corrected chi connectivity index (χ4v) is 2.67. The highest BCUT2D eigenvalue weighted by molar-refractivity contribution is 7.99. The predicted octanol–water partition coefficient (Wildman–Crippen LogP) is 3.48. The lowest BCUT2D eigenvalue weighted by molar-refractivity contribution is -0.113. The molecule has 0 saturated carbocycles. The summed E-state index contributed by atoms with van der Waals surface area (Å²) in [6, 6.07) is 5.82. The van der Waals surface area contributed by atoms with Crippen molar-refractivity contribution in [3.05, 3.63) is 47.5 Å². The predicted molar refractivity (Wildman–Crippen MR) is 84.7 cm³/mol. The molecule has 3 rings (SSSR count). The molecule has 1 aromatic carbocycles. The number of thioether (sulfide) groups is 1. The van der Waals surface area contributed by atoms with E-state index < -0.39 is 5.82 Å². The minimum absolute atomic E-state index is 0.0322. The van der Waals surface area contributed by atoms with Crippen molar-refractivity contribution in [1.82, 2.24) is 15.0 Å². The maximum atomic E-state index is 13.0. The van der Waals surface area contributed by atoms with Crippen molar-refractivity contribution in [2.75, 3.05) is 11.1 Å². The number of anilines is 1. The molecule has 5 nitrogen and oxygen atoms in total. The minimum atomic E-state index is -0.523. The first-order valence-corrected chi connectivity index (χ1v) is 7.65. The van der Waals surface area contributed by atoms with Crippen molar-refractivity contribution < 1.29 is 9.18 Å². The number of imidazole rings is 1. The van der Waals surface area contributed by atoms with E-state index in [1.807, 2.05) is 0 Å². The molecule has 0 spiro atoms. The monoisotopic (exact) mass is 336 g/mol.